The lowest BCUT2D eigenvalue weighted by Crippen LogP contribution is -2.43. The second-order valence-electron chi connectivity index (χ2n) is 14.1. The summed E-state index contributed by atoms with van der Waals surface area (Å²) in [7, 11) is 2.93. The number of hydrogen-bond acceptors (Lipinski definition) is 13. The minimum Gasteiger partial charge on any atom is -0.468 e. The SMILES string of the molecule is CCNc1nc(Cl)nc(NC(C)(C)C)n1.CCc1cccc(C)c1N(C(=O)CCl)C(C)COC.COC(=O)CSc1cc(/N=c2\sc(=O)n3n2CCCC3)c(F)cc1Cl. The summed E-state index contributed by atoms with van der Waals surface area (Å²) in [6.45, 7) is 16.7. The molecule has 2 N–H and O–H groups in total. The van der Waals surface area contributed by atoms with Crippen LogP contribution in [0.2, 0.25) is 10.3 Å². The molecule has 0 saturated heterocycles. The summed E-state index contributed by atoms with van der Waals surface area (Å²) in [4.78, 5) is 54.6. The molecule has 0 bridgehead atoms. The molecule has 0 spiro atoms. The molecule has 1 aliphatic heterocycles. The maximum atomic E-state index is 14.3. The summed E-state index contributed by atoms with van der Waals surface area (Å²) in [5.74, 6) is -0.0585. The second-order valence-corrected chi connectivity index (χ2v) is 17.1. The number of hydrogen-bond donors (Lipinski definition) is 2. The number of carbonyl (C=O) groups is 2. The molecule has 324 valence electrons. The van der Waals surface area contributed by atoms with Gasteiger partial charge in [-0.2, -0.15) is 15.0 Å². The van der Waals surface area contributed by atoms with Gasteiger partial charge in [0, 0.05) is 37.2 Å². The summed E-state index contributed by atoms with van der Waals surface area (Å²) in [5.41, 5.74) is 3.19. The number of esters is 1. The number of aromatic nitrogens is 5. The lowest BCUT2D eigenvalue weighted by atomic mass is 10.0. The molecule has 3 heterocycles. The molecule has 2 aromatic heterocycles. The van der Waals surface area contributed by atoms with Crippen LogP contribution in [0.15, 0.2) is 45.0 Å². The van der Waals surface area contributed by atoms with Crippen LogP contribution in [0, 0.1) is 12.7 Å². The van der Waals surface area contributed by atoms with Gasteiger partial charge in [0.15, 0.2) is 0 Å². The normalized spacial score (nSPS) is 12.9. The van der Waals surface area contributed by atoms with Crippen LogP contribution in [-0.4, -0.2) is 86.8 Å². The first-order valence-corrected chi connectivity index (χ1v) is 22.0. The highest BCUT2D eigenvalue weighted by Crippen LogP contribution is 2.33. The molecular formula is C39H53Cl3FN9O5S2. The number of aryl methyl sites for hydroxylation is 2. The summed E-state index contributed by atoms with van der Waals surface area (Å²) in [5, 5.41) is 6.51. The molecule has 1 unspecified atom stereocenters. The van der Waals surface area contributed by atoms with Crippen molar-refractivity contribution in [1.82, 2.24) is 24.3 Å². The van der Waals surface area contributed by atoms with E-state index in [-0.39, 0.29) is 50.0 Å². The number of rotatable bonds is 13. The predicted octanol–water partition coefficient (Wildman–Crippen LogP) is 8.13. The molecule has 0 aliphatic carbocycles. The van der Waals surface area contributed by atoms with Gasteiger partial charge in [0.1, 0.15) is 17.4 Å². The largest absolute Gasteiger partial charge is 0.468 e. The number of methoxy groups -OCH3 is 2. The zero-order chi connectivity index (χ0) is 43.9. The molecule has 5 rings (SSSR count). The Balaban J connectivity index is 0.000000246. The fraction of sp³-hybridized carbons (Fsp3) is 0.513. The Kier molecular flexibility index (Phi) is 20.1. The van der Waals surface area contributed by atoms with Gasteiger partial charge in [-0.15, -0.1) is 23.4 Å². The van der Waals surface area contributed by atoms with Crippen LogP contribution in [0.1, 0.15) is 65.5 Å². The molecule has 1 atom stereocenters. The van der Waals surface area contributed by atoms with E-state index in [0.717, 1.165) is 71.8 Å². The number of nitrogens with one attached hydrogen (secondary N) is 2. The van der Waals surface area contributed by atoms with Crippen molar-refractivity contribution >= 4 is 93.0 Å². The molecule has 1 amide bonds. The maximum Gasteiger partial charge on any atom is 0.325 e. The Morgan fingerprint density at radius 3 is 2.37 bits per heavy atom. The van der Waals surface area contributed by atoms with Gasteiger partial charge in [-0.1, -0.05) is 36.7 Å². The number of benzene rings is 2. The number of ether oxygens (including phenoxy) is 2. The third-order valence-corrected chi connectivity index (χ3v) is 11.0. The van der Waals surface area contributed by atoms with E-state index >= 15 is 0 Å². The fourth-order valence-electron chi connectivity index (χ4n) is 5.73. The first kappa shape index (κ1) is 49.6. The molecule has 0 radical (unpaired) electrons. The van der Waals surface area contributed by atoms with E-state index in [1.165, 1.54) is 13.2 Å². The Morgan fingerprint density at radius 1 is 1.08 bits per heavy atom. The average molecular weight is 917 g/mol. The maximum absolute atomic E-state index is 14.3. The number of anilines is 3. The molecule has 14 nitrogen and oxygen atoms in total. The molecule has 1 aliphatic rings. The van der Waals surface area contributed by atoms with E-state index < -0.39 is 11.8 Å². The van der Waals surface area contributed by atoms with Crippen LogP contribution in [0.5, 0.6) is 0 Å². The summed E-state index contributed by atoms with van der Waals surface area (Å²) in [6.07, 6.45) is 2.77. The smallest absolute Gasteiger partial charge is 0.325 e. The van der Waals surface area contributed by atoms with Crippen molar-refractivity contribution in [3.63, 3.8) is 0 Å². The lowest BCUT2D eigenvalue weighted by Gasteiger charge is -2.31. The Bertz CT molecular complexity index is 2160. The molecule has 0 saturated carbocycles. The van der Waals surface area contributed by atoms with Crippen LogP contribution in [0.4, 0.5) is 27.7 Å². The third-order valence-electron chi connectivity index (χ3n) is 8.29. The number of nitrogens with zero attached hydrogens (tertiary/aromatic N) is 7. The van der Waals surface area contributed by atoms with E-state index in [0.29, 0.717) is 41.3 Å². The van der Waals surface area contributed by atoms with Gasteiger partial charge >= 0.3 is 10.8 Å². The quantitative estimate of drug-likeness (QED) is 0.0758. The molecule has 4 aromatic rings. The average Bonchev–Trinajstić information content (AvgIpc) is 3.50. The first-order valence-electron chi connectivity index (χ1n) is 18.9. The lowest BCUT2D eigenvalue weighted by molar-refractivity contribution is -0.137. The Hall–Kier alpha value is -3.74. The minimum atomic E-state index is -0.580. The van der Waals surface area contributed by atoms with Gasteiger partial charge < -0.3 is 25.0 Å². The number of alkyl halides is 1. The molecule has 2 aromatic carbocycles. The van der Waals surface area contributed by atoms with Crippen molar-refractivity contribution in [2.75, 3.05) is 54.5 Å². The van der Waals surface area contributed by atoms with Crippen molar-refractivity contribution in [3.8, 4) is 0 Å². The Labute approximate surface area is 367 Å². The highest BCUT2D eigenvalue weighted by molar-refractivity contribution is 8.00. The molecule has 59 heavy (non-hydrogen) atoms. The highest BCUT2D eigenvalue weighted by Gasteiger charge is 2.25. The standard InChI is InChI=1S/C15H15ClFN3O3S2.C15H22ClNO2.C9H16ClN5/c1-23-13(21)8-24-12-7-11(10(17)6-9(12)16)18-14-19-4-2-3-5-20(19)15(22)25-14;1-5-13-8-6-7-11(2)15(13)17(14(18)9-16)12(3)10-19-4;1-5-11-7-12-6(10)13-8(14-7)15-9(2,3)4/h6-7H,2-5,8H2,1H3;6-8,12H,5,9-10H2,1-4H3;5H2,1-4H3,(H2,11,12,13,14,15)/b18-14-;;. The van der Waals surface area contributed by atoms with Gasteiger partial charge in [-0.3, -0.25) is 19.1 Å². The van der Waals surface area contributed by atoms with E-state index in [1.54, 1.807) is 21.4 Å². The summed E-state index contributed by atoms with van der Waals surface area (Å²) in [6, 6.07) is 8.69. The first-order chi connectivity index (χ1) is 28.0. The second kappa shape index (κ2) is 23.9. The van der Waals surface area contributed by atoms with Gasteiger partial charge in [0.2, 0.25) is 27.9 Å². The topological polar surface area (TPSA) is 158 Å². The number of para-hydroxylation sites is 1. The van der Waals surface area contributed by atoms with Crippen molar-refractivity contribution < 1.29 is 23.5 Å². The number of fused-ring (bicyclic) bond motifs is 1. The Morgan fingerprint density at radius 2 is 1.76 bits per heavy atom. The van der Waals surface area contributed by atoms with Crippen LogP contribution in [0.3, 0.4) is 0 Å². The van der Waals surface area contributed by atoms with Crippen molar-refractivity contribution in [1.29, 1.82) is 0 Å². The zero-order valence-corrected chi connectivity index (χ0v) is 38.7. The minimum absolute atomic E-state index is 0.0223. The zero-order valence-electron chi connectivity index (χ0n) is 34.8. The van der Waals surface area contributed by atoms with E-state index in [9.17, 15) is 18.8 Å². The monoisotopic (exact) mass is 915 g/mol. The van der Waals surface area contributed by atoms with Crippen molar-refractivity contribution in [2.24, 2.45) is 4.99 Å². The number of thioether (sulfide) groups is 1. The van der Waals surface area contributed by atoms with Crippen molar-refractivity contribution in [3.05, 3.63) is 72.1 Å². The third kappa shape index (κ3) is 15.0. The van der Waals surface area contributed by atoms with E-state index in [4.69, 9.17) is 39.5 Å². The number of carbonyl (C=O) groups excluding carboxylic acids is 2. The fourth-order valence-corrected chi connectivity index (χ4v) is 8.01. The predicted molar refractivity (Wildman–Crippen MR) is 238 cm³/mol. The van der Waals surface area contributed by atoms with Crippen LogP contribution in [0.25, 0.3) is 0 Å². The van der Waals surface area contributed by atoms with Crippen LogP contribution in [-0.2, 0) is 38.6 Å². The molecular weight excluding hydrogens is 864 g/mol. The number of halogens is 4. The summed E-state index contributed by atoms with van der Waals surface area (Å²) >= 11 is 19.7. The number of amides is 1. The molecule has 0 fully saturated rings. The van der Waals surface area contributed by atoms with Crippen molar-refractivity contribution in [2.45, 2.75) is 97.3 Å². The summed E-state index contributed by atoms with van der Waals surface area (Å²) < 4.78 is 27.4. The van der Waals surface area contributed by atoms with E-state index in [1.807, 2.05) is 53.7 Å². The van der Waals surface area contributed by atoms with Gasteiger partial charge in [0.05, 0.1) is 36.2 Å². The van der Waals surface area contributed by atoms with Gasteiger partial charge in [0.25, 0.3) is 0 Å². The van der Waals surface area contributed by atoms with Gasteiger partial charge in [-0.25, -0.2) is 14.1 Å². The molecule has 20 heteroatoms. The highest BCUT2D eigenvalue weighted by atomic mass is 35.5. The van der Waals surface area contributed by atoms with Gasteiger partial charge in [-0.05, 0) is 107 Å². The van der Waals surface area contributed by atoms with E-state index in [2.05, 4.69) is 48.3 Å². The van der Waals surface area contributed by atoms with Crippen LogP contribution < -0.4 is 25.2 Å². The van der Waals surface area contributed by atoms with Crippen LogP contribution >= 0.6 is 57.9 Å².